The molecule has 2 fully saturated rings. The van der Waals surface area contributed by atoms with Crippen molar-refractivity contribution >= 4 is 11.8 Å². The number of amides is 2. The summed E-state index contributed by atoms with van der Waals surface area (Å²) in [5.41, 5.74) is 4.42. The number of carbonyl (C=O) groups is 2. The highest BCUT2D eigenvalue weighted by Gasteiger charge is 2.46. The molecule has 1 aliphatic heterocycles. The van der Waals surface area contributed by atoms with E-state index in [0.29, 0.717) is 31.3 Å². The lowest BCUT2D eigenvalue weighted by molar-refractivity contribution is -0.146. The molecule has 4 rings (SSSR count). The summed E-state index contributed by atoms with van der Waals surface area (Å²) < 4.78 is 0. The molecule has 2 aromatic rings. The van der Waals surface area contributed by atoms with Crippen molar-refractivity contribution in [2.45, 2.75) is 39.5 Å². The van der Waals surface area contributed by atoms with Crippen LogP contribution in [0.25, 0.3) is 11.1 Å². The number of benzene rings is 2. The Hall–Kier alpha value is -2.62. The van der Waals surface area contributed by atoms with Gasteiger partial charge in [-0.15, -0.1) is 0 Å². The predicted octanol–water partition coefficient (Wildman–Crippen LogP) is 4.56. The number of piperidine rings is 1. The van der Waals surface area contributed by atoms with Gasteiger partial charge in [-0.05, 0) is 60.8 Å². The van der Waals surface area contributed by atoms with Crippen LogP contribution in [-0.4, -0.2) is 48.8 Å². The fourth-order valence-electron chi connectivity index (χ4n) is 5.13. The molecular weight excluding hydrogens is 384 g/mol. The molecule has 31 heavy (non-hydrogen) atoms. The zero-order valence-electron chi connectivity index (χ0n) is 19.2. The average molecular weight is 419 g/mol. The van der Waals surface area contributed by atoms with Crippen LogP contribution in [-0.2, 0) is 16.0 Å². The Morgan fingerprint density at radius 3 is 2.35 bits per heavy atom. The van der Waals surface area contributed by atoms with Gasteiger partial charge < -0.3 is 9.80 Å². The molecule has 4 heteroatoms. The molecular formula is C27H34N2O2. The zero-order chi connectivity index (χ0) is 22.2. The SMILES string of the molecule is Cc1ccccc1-c1cccc(CC2(C(=O)N(C)C)CCN(C(=O)[C@H]3C[C@@H]3C)CC2)c1. The Labute approximate surface area is 186 Å². The fraction of sp³-hybridized carbons (Fsp3) is 0.481. The molecule has 2 amide bonds. The number of hydrogen-bond donors (Lipinski definition) is 0. The van der Waals surface area contributed by atoms with Crippen LogP contribution in [0, 0.1) is 24.2 Å². The smallest absolute Gasteiger partial charge is 0.228 e. The Morgan fingerprint density at radius 2 is 1.74 bits per heavy atom. The van der Waals surface area contributed by atoms with Gasteiger partial charge in [0.2, 0.25) is 11.8 Å². The van der Waals surface area contributed by atoms with Crippen LogP contribution in [0.5, 0.6) is 0 Å². The van der Waals surface area contributed by atoms with E-state index in [2.05, 4.69) is 62.4 Å². The van der Waals surface area contributed by atoms with Gasteiger partial charge in [0, 0.05) is 33.1 Å². The molecule has 0 aromatic heterocycles. The summed E-state index contributed by atoms with van der Waals surface area (Å²) in [6, 6.07) is 17.0. The number of nitrogens with zero attached hydrogens (tertiary/aromatic N) is 2. The van der Waals surface area contributed by atoms with Gasteiger partial charge >= 0.3 is 0 Å². The number of likely N-dealkylation sites (tertiary alicyclic amines) is 1. The molecule has 2 aromatic carbocycles. The summed E-state index contributed by atoms with van der Waals surface area (Å²) in [5.74, 6) is 1.20. The molecule has 1 saturated carbocycles. The minimum atomic E-state index is -0.445. The number of aryl methyl sites for hydroxylation is 1. The number of hydrogen-bond acceptors (Lipinski definition) is 2. The Balaban J connectivity index is 1.56. The standard InChI is InChI=1S/C27H34N2O2/c1-19-8-5-6-11-23(19)22-10-7-9-21(17-22)18-27(26(31)28(3)4)12-14-29(15-13-27)25(30)24-16-20(24)2/h5-11,17,20,24H,12-16,18H2,1-4H3/t20-,24-/m0/s1. The molecule has 1 heterocycles. The highest BCUT2D eigenvalue weighted by atomic mass is 16.2. The van der Waals surface area contributed by atoms with Crippen LogP contribution in [0.1, 0.15) is 37.3 Å². The van der Waals surface area contributed by atoms with E-state index in [0.717, 1.165) is 19.3 Å². The van der Waals surface area contributed by atoms with Crippen LogP contribution >= 0.6 is 0 Å². The highest BCUT2D eigenvalue weighted by molar-refractivity contribution is 5.85. The van der Waals surface area contributed by atoms with E-state index in [1.807, 2.05) is 19.0 Å². The molecule has 0 radical (unpaired) electrons. The van der Waals surface area contributed by atoms with Crippen molar-refractivity contribution in [1.29, 1.82) is 0 Å². The van der Waals surface area contributed by atoms with Gasteiger partial charge in [-0.2, -0.15) is 0 Å². The van der Waals surface area contributed by atoms with Crippen molar-refractivity contribution in [2.24, 2.45) is 17.3 Å². The second kappa shape index (κ2) is 8.49. The van der Waals surface area contributed by atoms with Gasteiger partial charge in [0.1, 0.15) is 0 Å². The van der Waals surface area contributed by atoms with Crippen LogP contribution in [0.4, 0.5) is 0 Å². The second-order valence-electron chi connectivity index (χ2n) is 9.82. The largest absolute Gasteiger partial charge is 0.348 e. The molecule has 1 saturated heterocycles. The Kier molecular flexibility index (Phi) is 5.92. The minimum Gasteiger partial charge on any atom is -0.348 e. The van der Waals surface area contributed by atoms with E-state index in [1.54, 1.807) is 4.90 Å². The van der Waals surface area contributed by atoms with Crippen LogP contribution in [0.15, 0.2) is 48.5 Å². The summed E-state index contributed by atoms with van der Waals surface area (Å²) in [7, 11) is 3.69. The van der Waals surface area contributed by atoms with Crippen molar-refractivity contribution in [2.75, 3.05) is 27.2 Å². The van der Waals surface area contributed by atoms with E-state index < -0.39 is 5.41 Å². The normalized spacial score (nSPS) is 22.1. The number of rotatable bonds is 5. The van der Waals surface area contributed by atoms with E-state index in [-0.39, 0.29) is 11.8 Å². The zero-order valence-corrected chi connectivity index (χ0v) is 19.2. The van der Waals surface area contributed by atoms with Crippen molar-refractivity contribution in [3.8, 4) is 11.1 Å². The third kappa shape index (κ3) is 4.39. The third-order valence-corrected chi connectivity index (χ3v) is 7.24. The monoisotopic (exact) mass is 418 g/mol. The first kappa shape index (κ1) is 21.6. The number of carbonyl (C=O) groups excluding carboxylic acids is 2. The predicted molar refractivity (Wildman–Crippen MR) is 125 cm³/mol. The topological polar surface area (TPSA) is 40.6 Å². The summed E-state index contributed by atoms with van der Waals surface area (Å²) in [6.07, 6.45) is 3.19. The summed E-state index contributed by atoms with van der Waals surface area (Å²) in [6.45, 7) is 5.64. The van der Waals surface area contributed by atoms with Gasteiger partial charge in [0.15, 0.2) is 0 Å². The molecule has 2 atom stereocenters. The molecule has 0 bridgehead atoms. The maximum absolute atomic E-state index is 13.3. The lowest BCUT2D eigenvalue weighted by Crippen LogP contribution is -2.51. The van der Waals surface area contributed by atoms with Gasteiger partial charge in [0.05, 0.1) is 5.41 Å². The molecule has 0 spiro atoms. The minimum absolute atomic E-state index is 0.181. The van der Waals surface area contributed by atoms with Gasteiger partial charge in [-0.3, -0.25) is 9.59 Å². The van der Waals surface area contributed by atoms with Gasteiger partial charge in [-0.1, -0.05) is 55.5 Å². The molecule has 0 unspecified atom stereocenters. The molecule has 0 N–H and O–H groups in total. The van der Waals surface area contributed by atoms with Crippen LogP contribution < -0.4 is 0 Å². The lowest BCUT2D eigenvalue weighted by Gasteiger charge is -2.42. The van der Waals surface area contributed by atoms with Crippen LogP contribution in [0.2, 0.25) is 0 Å². The Morgan fingerprint density at radius 1 is 1.06 bits per heavy atom. The Bertz CT molecular complexity index is 973. The van der Waals surface area contributed by atoms with E-state index in [4.69, 9.17) is 0 Å². The lowest BCUT2D eigenvalue weighted by atomic mass is 9.72. The first-order valence-corrected chi connectivity index (χ1v) is 11.5. The highest BCUT2D eigenvalue weighted by Crippen LogP contribution is 2.42. The maximum Gasteiger partial charge on any atom is 0.228 e. The van der Waals surface area contributed by atoms with Crippen molar-refractivity contribution in [1.82, 2.24) is 9.80 Å². The summed E-state index contributed by atoms with van der Waals surface area (Å²) in [4.78, 5) is 29.8. The quantitative estimate of drug-likeness (QED) is 0.714. The molecule has 1 aliphatic carbocycles. The van der Waals surface area contributed by atoms with E-state index in [9.17, 15) is 9.59 Å². The van der Waals surface area contributed by atoms with Crippen molar-refractivity contribution < 1.29 is 9.59 Å². The summed E-state index contributed by atoms with van der Waals surface area (Å²) in [5, 5.41) is 0. The van der Waals surface area contributed by atoms with Crippen LogP contribution in [0.3, 0.4) is 0 Å². The first-order valence-electron chi connectivity index (χ1n) is 11.5. The summed E-state index contributed by atoms with van der Waals surface area (Å²) >= 11 is 0. The maximum atomic E-state index is 13.3. The van der Waals surface area contributed by atoms with E-state index in [1.165, 1.54) is 22.3 Å². The molecule has 164 valence electrons. The second-order valence-corrected chi connectivity index (χ2v) is 9.82. The molecule has 4 nitrogen and oxygen atoms in total. The van der Waals surface area contributed by atoms with Crippen molar-refractivity contribution in [3.63, 3.8) is 0 Å². The van der Waals surface area contributed by atoms with Gasteiger partial charge in [0.25, 0.3) is 0 Å². The molecule has 2 aliphatic rings. The first-order chi connectivity index (χ1) is 14.8. The van der Waals surface area contributed by atoms with E-state index >= 15 is 0 Å². The average Bonchev–Trinajstić information content (AvgIpc) is 3.50. The third-order valence-electron chi connectivity index (χ3n) is 7.24. The van der Waals surface area contributed by atoms with Crippen molar-refractivity contribution in [3.05, 3.63) is 59.7 Å². The van der Waals surface area contributed by atoms with Gasteiger partial charge in [-0.25, -0.2) is 0 Å². The fourth-order valence-corrected chi connectivity index (χ4v) is 5.13.